The second-order valence-corrected chi connectivity index (χ2v) is 5.75. The van der Waals surface area contributed by atoms with E-state index in [1.54, 1.807) is 6.33 Å². The largest absolute Gasteiger partial charge is 0.349 e. The van der Waals surface area contributed by atoms with Crippen LogP contribution in [0.15, 0.2) is 6.33 Å². The summed E-state index contributed by atoms with van der Waals surface area (Å²) in [6.45, 7) is 3.88. The molecule has 0 radical (unpaired) electrons. The minimum atomic E-state index is 0.0146. The predicted octanol–water partition coefficient (Wildman–Crippen LogP) is 1.21. The maximum absolute atomic E-state index is 12.1. The third-order valence-electron chi connectivity index (χ3n) is 4.36. The average molecular weight is 279 g/mol. The fraction of sp³-hybridized carbons (Fsp3) is 0.786. The van der Waals surface area contributed by atoms with Gasteiger partial charge in [-0.1, -0.05) is 19.3 Å². The molecule has 0 spiro atoms. The van der Waals surface area contributed by atoms with Crippen molar-refractivity contribution in [3.63, 3.8) is 0 Å². The van der Waals surface area contributed by atoms with Crippen molar-refractivity contribution in [1.82, 2.24) is 20.1 Å². The zero-order valence-corrected chi connectivity index (χ0v) is 12.3. The summed E-state index contributed by atoms with van der Waals surface area (Å²) in [5.41, 5.74) is 5.93. The van der Waals surface area contributed by atoms with Gasteiger partial charge in [-0.2, -0.15) is 0 Å². The van der Waals surface area contributed by atoms with Gasteiger partial charge in [0.25, 0.3) is 0 Å². The van der Waals surface area contributed by atoms with Crippen LogP contribution in [0.25, 0.3) is 0 Å². The van der Waals surface area contributed by atoms with Crippen LogP contribution in [0.5, 0.6) is 0 Å². The molecule has 1 amide bonds. The first-order valence-corrected chi connectivity index (χ1v) is 7.52. The third kappa shape index (κ3) is 3.56. The Kier molecular flexibility index (Phi) is 5.11. The number of nitrogens with two attached hydrogens (primary N) is 1. The van der Waals surface area contributed by atoms with Crippen LogP contribution in [-0.2, 0) is 17.9 Å². The van der Waals surface area contributed by atoms with E-state index in [1.807, 2.05) is 11.5 Å². The van der Waals surface area contributed by atoms with Gasteiger partial charge in [-0.3, -0.25) is 4.79 Å². The van der Waals surface area contributed by atoms with Gasteiger partial charge in [-0.15, -0.1) is 10.2 Å². The lowest BCUT2D eigenvalue weighted by Gasteiger charge is -2.35. The number of amides is 1. The maximum Gasteiger partial charge on any atom is 0.220 e. The zero-order valence-electron chi connectivity index (χ0n) is 12.3. The van der Waals surface area contributed by atoms with Crippen LogP contribution >= 0.6 is 0 Å². The van der Waals surface area contributed by atoms with E-state index in [-0.39, 0.29) is 11.3 Å². The quantitative estimate of drug-likeness (QED) is 0.819. The van der Waals surface area contributed by atoms with Gasteiger partial charge in [0.1, 0.15) is 6.33 Å². The van der Waals surface area contributed by atoms with Crippen LogP contribution in [-0.4, -0.2) is 27.2 Å². The minimum Gasteiger partial charge on any atom is -0.349 e. The Bertz CT molecular complexity index is 437. The van der Waals surface area contributed by atoms with E-state index < -0.39 is 0 Å². The van der Waals surface area contributed by atoms with Gasteiger partial charge in [-0.25, -0.2) is 0 Å². The lowest BCUT2D eigenvalue weighted by molar-refractivity contribution is -0.124. The molecule has 1 aromatic rings. The van der Waals surface area contributed by atoms with Crippen molar-refractivity contribution in [3.8, 4) is 0 Å². The summed E-state index contributed by atoms with van der Waals surface area (Å²) in [4.78, 5) is 12.1. The first kappa shape index (κ1) is 15.0. The average Bonchev–Trinajstić information content (AvgIpc) is 2.93. The van der Waals surface area contributed by atoms with Crippen molar-refractivity contribution in [2.24, 2.45) is 11.1 Å². The molecule has 1 aliphatic carbocycles. The molecule has 6 heteroatoms. The Labute approximate surface area is 120 Å². The van der Waals surface area contributed by atoms with E-state index in [9.17, 15) is 4.79 Å². The molecule has 0 saturated heterocycles. The minimum absolute atomic E-state index is 0.0146. The van der Waals surface area contributed by atoms with Crippen LogP contribution in [0.4, 0.5) is 0 Å². The standard InChI is InChI=1S/C14H25N5O/c1-2-19-11-17-18-12(19)9-16-13(20)8-14(10-15)6-4-3-5-7-14/h11H,2-10,15H2,1H3,(H,16,20). The molecule has 2 rings (SSSR count). The predicted molar refractivity (Wildman–Crippen MR) is 76.7 cm³/mol. The highest BCUT2D eigenvalue weighted by atomic mass is 16.1. The number of carbonyl (C=O) groups is 1. The highest BCUT2D eigenvalue weighted by Crippen LogP contribution is 2.38. The summed E-state index contributed by atoms with van der Waals surface area (Å²) in [5, 5.41) is 10.8. The highest BCUT2D eigenvalue weighted by molar-refractivity contribution is 5.76. The van der Waals surface area contributed by atoms with Crippen LogP contribution in [0.1, 0.15) is 51.3 Å². The fourth-order valence-electron chi connectivity index (χ4n) is 3.02. The molecular weight excluding hydrogens is 254 g/mol. The van der Waals surface area contributed by atoms with E-state index in [1.165, 1.54) is 19.3 Å². The molecule has 1 heterocycles. The Balaban J connectivity index is 1.85. The van der Waals surface area contributed by atoms with Gasteiger partial charge in [0.05, 0.1) is 6.54 Å². The fourth-order valence-corrected chi connectivity index (χ4v) is 3.02. The van der Waals surface area contributed by atoms with Crippen molar-refractivity contribution >= 4 is 5.91 Å². The molecule has 0 aromatic carbocycles. The summed E-state index contributed by atoms with van der Waals surface area (Å²) in [6.07, 6.45) is 8.00. The van der Waals surface area contributed by atoms with Gasteiger partial charge >= 0.3 is 0 Å². The molecule has 0 atom stereocenters. The second kappa shape index (κ2) is 6.83. The molecule has 0 aliphatic heterocycles. The number of rotatable bonds is 6. The van der Waals surface area contributed by atoms with Crippen molar-refractivity contribution in [2.75, 3.05) is 6.54 Å². The molecule has 1 fully saturated rings. The number of carbonyl (C=O) groups excluding carboxylic acids is 1. The first-order chi connectivity index (χ1) is 9.69. The van der Waals surface area contributed by atoms with Crippen LogP contribution < -0.4 is 11.1 Å². The van der Waals surface area contributed by atoms with Crippen molar-refractivity contribution in [2.45, 2.75) is 58.5 Å². The van der Waals surface area contributed by atoms with E-state index in [4.69, 9.17) is 5.73 Å². The number of aryl methyl sites for hydroxylation is 1. The van der Waals surface area contributed by atoms with Crippen LogP contribution in [0.2, 0.25) is 0 Å². The van der Waals surface area contributed by atoms with Crippen molar-refractivity contribution in [3.05, 3.63) is 12.2 Å². The molecule has 1 saturated carbocycles. The van der Waals surface area contributed by atoms with Crippen molar-refractivity contribution < 1.29 is 4.79 Å². The van der Waals surface area contributed by atoms with Gasteiger partial charge in [-0.05, 0) is 31.7 Å². The number of nitrogens with zero attached hydrogens (tertiary/aromatic N) is 3. The molecule has 6 nitrogen and oxygen atoms in total. The molecule has 0 bridgehead atoms. The first-order valence-electron chi connectivity index (χ1n) is 7.52. The molecule has 20 heavy (non-hydrogen) atoms. The SMILES string of the molecule is CCn1cnnc1CNC(=O)CC1(CN)CCCCC1. The number of nitrogens with one attached hydrogen (secondary N) is 1. The molecule has 1 aromatic heterocycles. The summed E-state index contributed by atoms with van der Waals surface area (Å²) in [5.74, 6) is 0.870. The molecule has 1 aliphatic rings. The number of aromatic nitrogens is 3. The third-order valence-corrected chi connectivity index (χ3v) is 4.36. The summed E-state index contributed by atoms with van der Waals surface area (Å²) >= 11 is 0. The molecular formula is C14H25N5O. The Morgan fingerprint density at radius 1 is 1.45 bits per heavy atom. The van der Waals surface area contributed by atoms with Gasteiger partial charge in [0, 0.05) is 13.0 Å². The zero-order chi connectivity index (χ0) is 14.4. The lowest BCUT2D eigenvalue weighted by atomic mass is 9.71. The molecule has 3 N–H and O–H groups in total. The van der Waals surface area contributed by atoms with Crippen LogP contribution in [0.3, 0.4) is 0 Å². The lowest BCUT2D eigenvalue weighted by Crippen LogP contribution is -2.38. The topological polar surface area (TPSA) is 85.8 Å². The Hall–Kier alpha value is -1.43. The van der Waals surface area contributed by atoms with Crippen molar-refractivity contribution in [1.29, 1.82) is 0 Å². The maximum atomic E-state index is 12.1. The smallest absolute Gasteiger partial charge is 0.220 e. The summed E-state index contributed by atoms with van der Waals surface area (Å²) in [7, 11) is 0. The number of hydrogen-bond donors (Lipinski definition) is 2. The summed E-state index contributed by atoms with van der Waals surface area (Å²) < 4.78 is 1.93. The normalized spacial score (nSPS) is 17.9. The molecule has 112 valence electrons. The van der Waals surface area contributed by atoms with Gasteiger partial charge in [0.15, 0.2) is 5.82 Å². The monoisotopic (exact) mass is 279 g/mol. The van der Waals surface area contributed by atoms with E-state index in [0.29, 0.717) is 19.5 Å². The Morgan fingerprint density at radius 2 is 2.20 bits per heavy atom. The van der Waals surface area contributed by atoms with E-state index >= 15 is 0 Å². The van der Waals surface area contributed by atoms with Gasteiger partial charge in [0.2, 0.25) is 5.91 Å². The summed E-state index contributed by atoms with van der Waals surface area (Å²) in [6, 6.07) is 0. The second-order valence-electron chi connectivity index (χ2n) is 5.75. The highest BCUT2D eigenvalue weighted by Gasteiger charge is 2.32. The van der Waals surface area contributed by atoms with E-state index in [0.717, 1.165) is 25.2 Å². The Morgan fingerprint density at radius 3 is 2.85 bits per heavy atom. The van der Waals surface area contributed by atoms with E-state index in [2.05, 4.69) is 15.5 Å². The number of hydrogen-bond acceptors (Lipinski definition) is 4. The van der Waals surface area contributed by atoms with Gasteiger partial charge < -0.3 is 15.6 Å². The van der Waals surface area contributed by atoms with Crippen LogP contribution in [0, 0.1) is 5.41 Å². The molecule has 0 unspecified atom stereocenters.